The number of rotatable bonds is 6. The normalized spacial score (nSPS) is 18.3. The molecule has 0 spiro atoms. The third-order valence-electron chi connectivity index (χ3n) is 2.39. The molecule has 0 amide bonds. The number of aliphatic hydroxyl groups excluding tert-OH is 4. The fraction of sp³-hybridized carbons (Fsp3) is 0.417. The molecule has 0 saturated heterocycles. The van der Waals surface area contributed by atoms with Crippen molar-refractivity contribution in [3.8, 4) is 0 Å². The minimum atomic E-state index is -1.49. The molecular weight excluding hydrogens is 236 g/mol. The van der Waals surface area contributed by atoms with Crippen LogP contribution in [0.2, 0.25) is 0 Å². The van der Waals surface area contributed by atoms with E-state index < -0.39 is 24.4 Å². The lowest BCUT2D eigenvalue weighted by molar-refractivity contribution is -0.0820. The van der Waals surface area contributed by atoms with Crippen LogP contribution in [0.1, 0.15) is 6.92 Å². The summed E-state index contributed by atoms with van der Waals surface area (Å²) in [5, 5.41) is 41.1. The summed E-state index contributed by atoms with van der Waals surface area (Å²) in [6.45, 7) is 1.32. The number of aliphatic hydroxyl groups is 4. The first-order valence-corrected chi connectivity index (χ1v) is 5.59. The number of benzene rings is 1. The first-order valence-electron chi connectivity index (χ1n) is 5.59. The van der Waals surface area contributed by atoms with Crippen molar-refractivity contribution in [2.75, 3.05) is 5.43 Å². The maximum absolute atomic E-state index is 9.50. The standard InChI is InChI=1S/C12H18N2O4/c1-8(15)11(17)12(18)10(16)7-13-14-9-5-3-2-4-6-9/h2-8,10-12,14-18H,1H3/b13-7+. The summed E-state index contributed by atoms with van der Waals surface area (Å²) in [5.41, 5.74) is 3.38. The predicted octanol–water partition coefficient (Wildman–Crippen LogP) is -0.452. The molecule has 1 aromatic carbocycles. The molecule has 0 bridgehead atoms. The van der Waals surface area contributed by atoms with Crippen molar-refractivity contribution in [3.05, 3.63) is 30.3 Å². The Labute approximate surface area is 105 Å². The summed E-state index contributed by atoms with van der Waals surface area (Å²) in [6, 6.07) is 9.06. The second kappa shape index (κ2) is 7.07. The highest BCUT2D eigenvalue weighted by atomic mass is 16.4. The fourth-order valence-corrected chi connectivity index (χ4v) is 1.28. The topological polar surface area (TPSA) is 105 Å². The molecule has 1 rings (SSSR count). The molecule has 0 aromatic heterocycles. The van der Waals surface area contributed by atoms with Gasteiger partial charge in [0, 0.05) is 0 Å². The molecule has 0 saturated carbocycles. The molecule has 0 aliphatic rings. The van der Waals surface area contributed by atoms with Gasteiger partial charge in [-0.2, -0.15) is 5.10 Å². The smallest absolute Gasteiger partial charge is 0.119 e. The van der Waals surface area contributed by atoms with Crippen molar-refractivity contribution in [2.45, 2.75) is 31.3 Å². The first-order chi connectivity index (χ1) is 8.52. The Balaban J connectivity index is 2.47. The van der Waals surface area contributed by atoms with Gasteiger partial charge < -0.3 is 20.4 Å². The average Bonchev–Trinajstić information content (AvgIpc) is 2.38. The molecule has 18 heavy (non-hydrogen) atoms. The minimum absolute atomic E-state index is 0.728. The van der Waals surface area contributed by atoms with E-state index >= 15 is 0 Å². The molecule has 0 radical (unpaired) electrons. The van der Waals surface area contributed by atoms with Crippen LogP contribution in [-0.2, 0) is 0 Å². The van der Waals surface area contributed by atoms with E-state index in [0.717, 1.165) is 11.9 Å². The summed E-state index contributed by atoms with van der Waals surface area (Å²) in [5.74, 6) is 0. The first kappa shape index (κ1) is 14.6. The number of nitrogens with one attached hydrogen (secondary N) is 1. The lowest BCUT2D eigenvalue weighted by Gasteiger charge is -2.22. The van der Waals surface area contributed by atoms with Gasteiger partial charge in [-0.1, -0.05) is 18.2 Å². The fourth-order valence-electron chi connectivity index (χ4n) is 1.28. The Kier molecular flexibility index (Phi) is 5.73. The van der Waals surface area contributed by atoms with E-state index in [1.165, 1.54) is 6.92 Å². The van der Waals surface area contributed by atoms with Crippen LogP contribution in [0.4, 0.5) is 5.69 Å². The number of hydrogen-bond donors (Lipinski definition) is 5. The molecule has 4 atom stereocenters. The minimum Gasteiger partial charge on any atom is -0.391 e. The SMILES string of the molecule is CC(O)C(O)C(O)C(O)/C=N/Nc1ccccc1. The van der Waals surface area contributed by atoms with Gasteiger partial charge in [0.2, 0.25) is 0 Å². The van der Waals surface area contributed by atoms with Crippen molar-refractivity contribution in [3.63, 3.8) is 0 Å². The van der Waals surface area contributed by atoms with Gasteiger partial charge in [-0.15, -0.1) is 0 Å². The van der Waals surface area contributed by atoms with Gasteiger partial charge in [0.05, 0.1) is 18.0 Å². The molecule has 6 nitrogen and oxygen atoms in total. The van der Waals surface area contributed by atoms with Crippen molar-refractivity contribution >= 4 is 11.9 Å². The van der Waals surface area contributed by atoms with Crippen LogP contribution in [0.3, 0.4) is 0 Å². The van der Waals surface area contributed by atoms with Gasteiger partial charge in [-0.05, 0) is 19.1 Å². The summed E-state index contributed by atoms with van der Waals surface area (Å²) >= 11 is 0. The molecule has 0 aliphatic heterocycles. The van der Waals surface area contributed by atoms with E-state index in [9.17, 15) is 15.3 Å². The summed E-state index contributed by atoms with van der Waals surface area (Å²) in [6.07, 6.45) is -4.37. The van der Waals surface area contributed by atoms with Gasteiger partial charge >= 0.3 is 0 Å². The maximum Gasteiger partial charge on any atom is 0.119 e. The molecule has 0 heterocycles. The van der Waals surface area contributed by atoms with Crippen LogP contribution in [-0.4, -0.2) is 51.1 Å². The highest BCUT2D eigenvalue weighted by molar-refractivity contribution is 5.65. The molecule has 0 fully saturated rings. The number of nitrogens with zero attached hydrogens (tertiary/aromatic N) is 1. The summed E-state index contributed by atoms with van der Waals surface area (Å²) in [7, 11) is 0. The van der Waals surface area contributed by atoms with E-state index in [2.05, 4.69) is 10.5 Å². The molecule has 0 aliphatic carbocycles. The highest BCUT2D eigenvalue weighted by Crippen LogP contribution is 2.06. The Morgan fingerprint density at radius 3 is 2.22 bits per heavy atom. The number of anilines is 1. The lowest BCUT2D eigenvalue weighted by atomic mass is 10.1. The zero-order valence-electron chi connectivity index (χ0n) is 10.0. The van der Waals surface area contributed by atoms with Gasteiger partial charge in [0.1, 0.15) is 18.3 Å². The van der Waals surface area contributed by atoms with Gasteiger partial charge in [-0.3, -0.25) is 5.43 Å². The van der Waals surface area contributed by atoms with Crippen LogP contribution in [0, 0.1) is 0 Å². The Hall–Kier alpha value is -1.47. The predicted molar refractivity (Wildman–Crippen MR) is 68.3 cm³/mol. The molecule has 100 valence electrons. The van der Waals surface area contributed by atoms with E-state index in [-0.39, 0.29) is 0 Å². The van der Waals surface area contributed by atoms with Crippen LogP contribution >= 0.6 is 0 Å². The summed E-state index contributed by atoms with van der Waals surface area (Å²) < 4.78 is 0. The quantitative estimate of drug-likeness (QED) is 0.349. The van der Waals surface area contributed by atoms with E-state index in [1.54, 1.807) is 12.1 Å². The Bertz CT molecular complexity index is 370. The zero-order chi connectivity index (χ0) is 13.5. The molecule has 1 aromatic rings. The average molecular weight is 254 g/mol. The third kappa shape index (κ3) is 4.42. The van der Waals surface area contributed by atoms with Crippen molar-refractivity contribution < 1.29 is 20.4 Å². The van der Waals surface area contributed by atoms with E-state index in [1.807, 2.05) is 18.2 Å². The van der Waals surface area contributed by atoms with Crippen molar-refractivity contribution in [1.82, 2.24) is 0 Å². The van der Waals surface area contributed by atoms with Crippen LogP contribution in [0.25, 0.3) is 0 Å². The molecule has 6 heteroatoms. The monoisotopic (exact) mass is 254 g/mol. The number of hydrazone groups is 1. The van der Waals surface area contributed by atoms with Crippen LogP contribution < -0.4 is 5.43 Å². The Morgan fingerprint density at radius 2 is 1.67 bits per heavy atom. The van der Waals surface area contributed by atoms with Gasteiger partial charge in [0.15, 0.2) is 0 Å². The van der Waals surface area contributed by atoms with Crippen LogP contribution in [0.15, 0.2) is 35.4 Å². The van der Waals surface area contributed by atoms with Crippen LogP contribution in [0.5, 0.6) is 0 Å². The maximum atomic E-state index is 9.50. The summed E-state index contributed by atoms with van der Waals surface area (Å²) in [4.78, 5) is 0. The van der Waals surface area contributed by atoms with E-state index in [0.29, 0.717) is 0 Å². The second-order valence-corrected chi connectivity index (χ2v) is 3.97. The largest absolute Gasteiger partial charge is 0.391 e. The highest BCUT2D eigenvalue weighted by Gasteiger charge is 2.26. The molecular formula is C12H18N2O4. The van der Waals surface area contributed by atoms with Crippen molar-refractivity contribution in [1.29, 1.82) is 0 Å². The Morgan fingerprint density at radius 1 is 1.06 bits per heavy atom. The zero-order valence-corrected chi connectivity index (χ0v) is 10.0. The van der Waals surface area contributed by atoms with Crippen molar-refractivity contribution in [2.24, 2.45) is 5.10 Å². The lowest BCUT2D eigenvalue weighted by Crippen LogP contribution is -2.44. The molecule has 4 unspecified atom stereocenters. The second-order valence-electron chi connectivity index (χ2n) is 3.97. The van der Waals surface area contributed by atoms with Gasteiger partial charge in [-0.25, -0.2) is 0 Å². The third-order valence-corrected chi connectivity index (χ3v) is 2.39. The number of para-hydroxylation sites is 1. The number of hydrogen-bond acceptors (Lipinski definition) is 6. The van der Waals surface area contributed by atoms with Gasteiger partial charge in [0.25, 0.3) is 0 Å². The van der Waals surface area contributed by atoms with E-state index in [4.69, 9.17) is 5.11 Å². The molecule has 5 N–H and O–H groups in total.